The van der Waals surface area contributed by atoms with Crippen molar-refractivity contribution in [2.75, 3.05) is 5.75 Å². The maximum atomic E-state index is 13.0. The molecule has 0 saturated carbocycles. The van der Waals surface area contributed by atoms with Crippen LogP contribution in [0.1, 0.15) is 22.5 Å². The molecule has 0 bridgehead atoms. The van der Waals surface area contributed by atoms with Crippen LogP contribution in [0.5, 0.6) is 0 Å². The Bertz CT molecular complexity index is 989. The molecule has 29 heavy (non-hydrogen) atoms. The Labute approximate surface area is 174 Å². The van der Waals surface area contributed by atoms with Crippen LogP contribution in [0.2, 0.25) is 0 Å². The highest BCUT2D eigenvalue weighted by Crippen LogP contribution is 2.32. The molecule has 2 aliphatic rings. The third kappa shape index (κ3) is 4.60. The Hall–Kier alpha value is -2.85. The van der Waals surface area contributed by atoms with E-state index in [1.54, 1.807) is 36.4 Å². The SMILES string of the molecule is O=C1CSC(=N/N=C2\S[C@@H](CC(=O)c3ccccc3)C(=O)N2Cc2ccco2)N1. The minimum atomic E-state index is -0.595. The average molecular weight is 428 g/mol. The molecule has 2 amide bonds. The van der Waals surface area contributed by atoms with E-state index in [1.165, 1.54) is 34.7 Å². The fourth-order valence-electron chi connectivity index (χ4n) is 2.80. The molecule has 0 unspecified atom stereocenters. The third-order valence-electron chi connectivity index (χ3n) is 4.19. The van der Waals surface area contributed by atoms with Gasteiger partial charge < -0.3 is 9.73 Å². The summed E-state index contributed by atoms with van der Waals surface area (Å²) in [4.78, 5) is 38.3. The van der Waals surface area contributed by atoms with Gasteiger partial charge >= 0.3 is 0 Å². The lowest BCUT2D eigenvalue weighted by molar-refractivity contribution is -0.126. The van der Waals surface area contributed by atoms with Crippen LogP contribution >= 0.6 is 23.5 Å². The molecule has 0 aliphatic carbocycles. The first kappa shape index (κ1) is 19.5. The second-order valence-electron chi connectivity index (χ2n) is 6.23. The highest BCUT2D eigenvalue weighted by molar-refractivity contribution is 8.15. The topological polar surface area (TPSA) is 104 Å². The van der Waals surface area contributed by atoms with Gasteiger partial charge in [0.25, 0.3) is 0 Å². The van der Waals surface area contributed by atoms with Crippen LogP contribution in [0.15, 0.2) is 63.3 Å². The quantitative estimate of drug-likeness (QED) is 0.560. The zero-order valence-electron chi connectivity index (χ0n) is 15.1. The van der Waals surface area contributed by atoms with Crippen LogP contribution in [0.25, 0.3) is 0 Å². The number of hydrogen-bond donors (Lipinski definition) is 1. The summed E-state index contributed by atoms with van der Waals surface area (Å²) < 4.78 is 5.35. The van der Waals surface area contributed by atoms with Gasteiger partial charge in [-0.05, 0) is 12.1 Å². The molecule has 2 aliphatic heterocycles. The highest BCUT2D eigenvalue weighted by Gasteiger charge is 2.40. The van der Waals surface area contributed by atoms with Gasteiger partial charge in [-0.2, -0.15) is 0 Å². The molecular formula is C19H16N4O4S2. The van der Waals surface area contributed by atoms with Crippen molar-refractivity contribution in [3.8, 4) is 0 Å². The lowest BCUT2D eigenvalue weighted by Gasteiger charge is -2.14. The predicted molar refractivity (Wildman–Crippen MR) is 111 cm³/mol. The molecule has 8 nitrogen and oxygen atoms in total. The van der Waals surface area contributed by atoms with Crippen molar-refractivity contribution in [2.45, 2.75) is 18.2 Å². The highest BCUT2D eigenvalue weighted by atomic mass is 32.2. The smallest absolute Gasteiger partial charge is 0.243 e. The summed E-state index contributed by atoms with van der Waals surface area (Å²) in [6.45, 7) is 0.193. The number of ketones is 1. The van der Waals surface area contributed by atoms with Crippen molar-refractivity contribution in [1.29, 1.82) is 0 Å². The number of carbonyl (C=O) groups is 3. The summed E-state index contributed by atoms with van der Waals surface area (Å²) in [5.74, 6) is 0.416. The van der Waals surface area contributed by atoms with Crippen molar-refractivity contribution in [3.05, 3.63) is 60.1 Å². The summed E-state index contributed by atoms with van der Waals surface area (Å²) >= 11 is 2.44. The number of carbonyl (C=O) groups excluding carboxylic acids is 3. The summed E-state index contributed by atoms with van der Waals surface area (Å²) in [6, 6.07) is 12.4. The number of nitrogens with zero attached hydrogens (tertiary/aromatic N) is 3. The predicted octanol–water partition coefficient (Wildman–Crippen LogP) is 2.49. The van der Waals surface area contributed by atoms with Gasteiger partial charge in [0.2, 0.25) is 11.8 Å². The van der Waals surface area contributed by atoms with Gasteiger partial charge in [0.15, 0.2) is 16.1 Å². The number of rotatable bonds is 6. The molecule has 0 radical (unpaired) electrons. The minimum Gasteiger partial charge on any atom is -0.467 e. The Morgan fingerprint density at radius 1 is 1.17 bits per heavy atom. The van der Waals surface area contributed by atoms with Crippen LogP contribution in [-0.2, 0) is 16.1 Å². The molecule has 1 aromatic carbocycles. The number of thioether (sulfide) groups is 2. The van der Waals surface area contributed by atoms with Gasteiger partial charge in [-0.25, -0.2) is 0 Å². The van der Waals surface area contributed by atoms with E-state index in [-0.39, 0.29) is 30.6 Å². The van der Waals surface area contributed by atoms with E-state index in [0.717, 1.165) is 0 Å². The van der Waals surface area contributed by atoms with E-state index in [4.69, 9.17) is 4.42 Å². The average Bonchev–Trinajstić information content (AvgIpc) is 3.45. The molecule has 2 aromatic rings. The van der Waals surface area contributed by atoms with Crippen LogP contribution in [0.4, 0.5) is 0 Å². The monoisotopic (exact) mass is 428 g/mol. The second kappa shape index (κ2) is 8.66. The second-order valence-corrected chi connectivity index (χ2v) is 8.36. The maximum absolute atomic E-state index is 13.0. The number of furan rings is 1. The van der Waals surface area contributed by atoms with E-state index in [2.05, 4.69) is 15.5 Å². The zero-order valence-corrected chi connectivity index (χ0v) is 16.7. The fraction of sp³-hybridized carbons (Fsp3) is 0.211. The Balaban J connectivity index is 1.54. The number of Topliss-reactive ketones (excluding diaryl/α,β-unsaturated/α-hetero) is 1. The van der Waals surface area contributed by atoms with E-state index in [9.17, 15) is 14.4 Å². The largest absolute Gasteiger partial charge is 0.467 e. The third-order valence-corrected chi connectivity index (χ3v) is 6.22. The normalized spacial score (nSPS) is 21.9. The Kier molecular flexibility index (Phi) is 5.81. The Morgan fingerprint density at radius 2 is 2.00 bits per heavy atom. The van der Waals surface area contributed by atoms with Crippen molar-refractivity contribution in [3.63, 3.8) is 0 Å². The van der Waals surface area contributed by atoms with Gasteiger partial charge in [0, 0.05) is 12.0 Å². The Morgan fingerprint density at radius 3 is 2.69 bits per heavy atom. The molecule has 10 heteroatoms. The van der Waals surface area contributed by atoms with Gasteiger partial charge in [0.1, 0.15) is 5.76 Å². The maximum Gasteiger partial charge on any atom is 0.243 e. The first-order chi connectivity index (χ1) is 14.1. The standard InChI is InChI=1S/C19H16N4O4S2/c24-14(12-5-2-1-3-6-12)9-15-17(26)23(10-13-7-4-8-27-13)19(29-15)22-21-18-20-16(25)11-28-18/h1-8,15H,9-11H2,(H,20,21,25)/b22-19-/t15-/m0/s1. The van der Waals surface area contributed by atoms with Crippen LogP contribution in [0.3, 0.4) is 0 Å². The number of amides is 2. The molecule has 1 N–H and O–H groups in total. The molecule has 148 valence electrons. The van der Waals surface area contributed by atoms with Crippen LogP contribution in [0, 0.1) is 0 Å². The van der Waals surface area contributed by atoms with Crippen LogP contribution in [-0.4, -0.2) is 43.8 Å². The molecule has 0 spiro atoms. The molecule has 4 rings (SSSR count). The van der Waals surface area contributed by atoms with E-state index < -0.39 is 5.25 Å². The molecule has 1 atom stereocenters. The van der Waals surface area contributed by atoms with E-state index in [1.807, 2.05) is 6.07 Å². The number of benzene rings is 1. The van der Waals surface area contributed by atoms with Gasteiger partial charge in [-0.15, -0.1) is 10.2 Å². The first-order valence-corrected chi connectivity index (χ1v) is 10.6. The lowest BCUT2D eigenvalue weighted by atomic mass is 10.1. The molecular weight excluding hydrogens is 412 g/mol. The van der Waals surface area contributed by atoms with Crippen molar-refractivity contribution < 1.29 is 18.8 Å². The zero-order chi connectivity index (χ0) is 20.2. The minimum absolute atomic E-state index is 0.0588. The summed E-state index contributed by atoms with van der Waals surface area (Å²) in [5, 5.41) is 11.0. The van der Waals surface area contributed by atoms with E-state index in [0.29, 0.717) is 27.4 Å². The summed E-state index contributed by atoms with van der Waals surface area (Å²) in [7, 11) is 0. The van der Waals surface area contributed by atoms with Gasteiger partial charge in [0.05, 0.1) is 23.8 Å². The molecule has 2 saturated heterocycles. The van der Waals surface area contributed by atoms with E-state index >= 15 is 0 Å². The number of amidine groups is 2. The molecule has 3 heterocycles. The molecule has 1 aromatic heterocycles. The fourth-order valence-corrected chi connectivity index (χ4v) is 4.51. The van der Waals surface area contributed by atoms with Crippen molar-refractivity contribution in [2.24, 2.45) is 10.2 Å². The first-order valence-electron chi connectivity index (χ1n) is 8.77. The van der Waals surface area contributed by atoms with Gasteiger partial charge in [-0.3, -0.25) is 19.3 Å². The van der Waals surface area contributed by atoms with Gasteiger partial charge in [-0.1, -0.05) is 53.9 Å². The summed E-state index contributed by atoms with van der Waals surface area (Å²) in [6.07, 6.45) is 1.59. The number of hydrogen-bond acceptors (Lipinski definition) is 8. The van der Waals surface area contributed by atoms with Crippen molar-refractivity contribution >= 4 is 51.5 Å². The number of nitrogens with one attached hydrogen (secondary N) is 1. The lowest BCUT2D eigenvalue weighted by Crippen LogP contribution is -2.32. The molecule has 2 fully saturated rings. The van der Waals surface area contributed by atoms with Crippen molar-refractivity contribution in [1.82, 2.24) is 10.2 Å². The van der Waals surface area contributed by atoms with Crippen LogP contribution < -0.4 is 5.32 Å². The summed E-state index contributed by atoms with van der Waals surface area (Å²) in [5.41, 5.74) is 0.564.